The predicted molar refractivity (Wildman–Crippen MR) is 72.0 cm³/mol. The zero-order valence-corrected chi connectivity index (χ0v) is 11.2. The molecule has 0 unspecified atom stereocenters. The Bertz CT molecular complexity index is 482. The van der Waals surface area contributed by atoms with Crippen molar-refractivity contribution in [2.24, 2.45) is 5.73 Å². The zero-order chi connectivity index (χ0) is 12.8. The Morgan fingerprint density at radius 2 is 2.22 bits per heavy atom. The van der Waals surface area contributed by atoms with E-state index < -0.39 is 0 Å². The molecule has 0 atom stereocenters. The lowest BCUT2D eigenvalue weighted by molar-refractivity contribution is 0.592. The second-order valence-corrected chi connectivity index (χ2v) is 4.81. The maximum absolute atomic E-state index is 5.66. The molecule has 0 saturated carbocycles. The second kappa shape index (κ2) is 6.51. The van der Waals surface area contributed by atoms with Crippen molar-refractivity contribution in [2.75, 3.05) is 0 Å². The Hall–Kier alpha value is -1.40. The van der Waals surface area contributed by atoms with Crippen LogP contribution in [0.25, 0.3) is 0 Å². The third-order valence-corrected chi connectivity index (χ3v) is 3.50. The minimum absolute atomic E-state index is 0.428. The summed E-state index contributed by atoms with van der Waals surface area (Å²) in [5.74, 6) is 1.65. The van der Waals surface area contributed by atoms with Crippen LogP contribution in [0.2, 0.25) is 0 Å². The molecule has 5 nitrogen and oxygen atoms in total. The fourth-order valence-corrected chi connectivity index (χ4v) is 2.55. The van der Waals surface area contributed by atoms with Gasteiger partial charge in [-0.15, -0.1) is 10.2 Å². The summed E-state index contributed by atoms with van der Waals surface area (Å²) in [6.07, 6.45) is 2.85. The lowest BCUT2D eigenvalue weighted by Gasteiger charge is -2.07. The molecule has 0 radical (unpaired) electrons. The van der Waals surface area contributed by atoms with Gasteiger partial charge in [-0.05, 0) is 18.6 Å². The Morgan fingerprint density at radius 1 is 1.33 bits per heavy atom. The molecule has 2 N–H and O–H groups in total. The van der Waals surface area contributed by atoms with Gasteiger partial charge >= 0.3 is 0 Å². The second-order valence-electron chi connectivity index (χ2n) is 3.86. The van der Waals surface area contributed by atoms with Gasteiger partial charge in [0.25, 0.3) is 0 Å². The van der Waals surface area contributed by atoms with E-state index in [-0.39, 0.29) is 0 Å². The van der Waals surface area contributed by atoms with Gasteiger partial charge in [-0.3, -0.25) is 4.98 Å². The molecule has 2 aromatic rings. The first-order valence-corrected chi connectivity index (χ1v) is 6.98. The van der Waals surface area contributed by atoms with Crippen molar-refractivity contribution in [2.45, 2.75) is 37.3 Å². The highest BCUT2D eigenvalue weighted by molar-refractivity contribution is 7.98. The van der Waals surface area contributed by atoms with Crippen LogP contribution in [-0.4, -0.2) is 19.7 Å². The van der Waals surface area contributed by atoms with Crippen molar-refractivity contribution in [3.8, 4) is 0 Å². The maximum Gasteiger partial charge on any atom is 0.191 e. The van der Waals surface area contributed by atoms with E-state index in [1.165, 1.54) is 0 Å². The lowest BCUT2D eigenvalue weighted by atomic mass is 10.4. The van der Waals surface area contributed by atoms with Crippen LogP contribution in [-0.2, 0) is 18.8 Å². The van der Waals surface area contributed by atoms with Crippen LogP contribution in [0.3, 0.4) is 0 Å². The van der Waals surface area contributed by atoms with E-state index in [9.17, 15) is 0 Å². The quantitative estimate of drug-likeness (QED) is 0.805. The van der Waals surface area contributed by atoms with E-state index in [4.69, 9.17) is 5.73 Å². The van der Waals surface area contributed by atoms with E-state index in [1.54, 1.807) is 18.0 Å². The highest BCUT2D eigenvalue weighted by atomic mass is 32.2. The summed E-state index contributed by atoms with van der Waals surface area (Å²) in [5, 5.41) is 9.22. The molecule has 0 amide bonds. The Balaban J connectivity index is 2.07. The van der Waals surface area contributed by atoms with Gasteiger partial charge in [0.1, 0.15) is 5.82 Å². The van der Waals surface area contributed by atoms with Crippen LogP contribution in [0.4, 0.5) is 0 Å². The molecule has 2 heterocycles. The number of nitrogens with two attached hydrogens (primary N) is 1. The van der Waals surface area contributed by atoms with E-state index in [1.807, 2.05) is 18.2 Å². The van der Waals surface area contributed by atoms with Crippen molar-refractivity contribution in [1.82, 2.24) is 19.7 Å². The third-order valence-electron chi connectivity index (χ3n) is 2.50. The minimum Gasteiger partial charge on any atom is -0.324 e. The summed E-state index contributed by atoms with van der Waals surface area (Å²) in [4.78, 5) is 4.29. The standard InChI is InChI=1S/C12H17N5S/c1-2-7-17-11(8-13)15-16-12(17)18-9-10-5-3-4-6-14-10/h3-6H,2,7-9,13H2,1H3. The maximum atomic E-state index is 5.66. The van der Waals surface area contributed by atoms with Gasteiger partial charge in [0.2, 0.25) is 0 Å². The van der Waals surface area contributed by atoms with Crippen LogP contribution >= 0.6 is 11.8 Å². The summed E-state index contributed by atoms with van der Waals surface area (Å²) < 4.78 is 2.09. The average Bonchev–Trinajstić information content (AvgIpc) is 2.80. The van der Waals surface area contributed by atoms with E-state index in [0.717, 1.165) is 35.4 Å². The molecule has 0 bridgehead atoms. The number of hydrogen-bond donors (Lipinski definition) is 1. The molecule has 0 aliphatic rings. The molecule has 96 valence electrons. The first-order valence-electron chi connectivity index (χ1n) is 6.00. The topological polar surface area (TPSA) is 69.6 Å². The molecule has 2 aromatic heterocycles. The van der Waals surface area contributed by atoms with Gasteiger partial charge in [-0.1, -0.05) is 24.8 Å². The molecular weight excluding hydrogens is 246 g/mol. The first-order chi connectivity index (χ1) is 8.85. The molecule has 2 rings (SSSR count). The molecule has 6 heteroatoms. The van der Waals surface area contributed by atoms with Crippen molar-refractivity contribution < 1.29 is 0 Å². The number of thioether (sulfide) groups is 1. The van der Waals surface area contributed by atoms with Crippen molar-refractivity contribution in [3.63, 3.8) is 0 Å². The fourth-order valence-electron chi connectivity index (χ4n) is 1.65. The van der Waals surface area contributed by atoms with Crippen LogP contribution in [0, 0.1) is 0 Å². The van der Waals surface area contributed by atoms with Gasteiger partial charge in [0.05, 0.1) is 12.2 Å². The number of rotatable bonds is 6. The Kier molecular flexibility index (Phi) is 4.72. The molecular formula is C12H17N5S. The highest BCUT2D eigenvalue weighted by Crippen LogP contribution is 2.21. The van der Waals surface area contributed by atoms with E-state index in [2.05, 4.69) is 26.7 Å². The SMILES string of the molecule is CCCn1c(CN)nnc1SCc1ccccn1. The van der Waals surface area contributed by atoms with E-state index >= 15 is 0 Å². The normalized spacial score (nSPS) is 10.8. The molecule has 0 fully saturated rings. The smallest absolute Gasteiger partial charge is 0.191 e. The number of pyridine rings is 1. The summed E-state index contributed by atoms with van der Waals surface area (Å²) in [6, 6.07) is 5.92. The average molecular weight is 263 g/mol. The van der Waals surface area contributed by atoms with Crippen LogP contribution in [0.15, 0.2) is 29.6 Å². The highest BCUT2D eigenvalue weighted by Gasteiger charge is 2.10. The number of hydrogen-bond acceptors (Lipinski definition) is 5. The molecule has 18 heavy (non-hydrogen) atoms. The molecule has 0 aliphatic carbocycles. The minimum atomic E-state index is 0.428. The molecule has 0 aliphatic heterocycles. The monoisotopic (exact) mass is 263 g/mol. The van der Waals surface area contributed by atoms with Gasteiger partial charge in [-0.25, -0.2) is 0 Å². The largest absolute Gasteiger partial charge is 0.324 e. The lowest BCUT2D eigenvalue weighted by Crippen LogP contribution is -2.09. The molecule has 0 spiro atoms. The zero-order valence-electron chi connectivity index (χ0n) is 10.4. The fraction of sp³-hybridized carbons (Fsp3) is 0.417. The molecule has 0 aromatic carbocycles. The van der Waals surface area contributed by atoms with Gasteiger partial charge in [-0.2, -0.15) is 0 Å². The number of aromatic nitrogens is 4. The van der Waals surface area contributed by atoms with Gasteiger partial charge < -0.3 is 10.3 Å². The van der Waals surface area contributed by atoms with Gasteiger partial charge in [0.15, 0.2) is 5.16 Å². The third kappa shape index (κ3) is 3.08. The van der Waals surface area contributed by atoms with Crippen LogP contribution in [0.5, 0.6) is 0 Å². The predicted octanol–water partition coefficient (Wildman–Crippen LogP) is 1.83. The Morgan fingerprint density at radius 3 is 2.89 bits per heavy atom. The summed E-state index contributed by atoms with van der Waals surface area (Å²) >= 11 is 1.65. The molecule has 0 saturated heterocycles. The van der Waals surface area contributed by atoms with Crippen molar-refractivity contribution >= 4 is 11.8 Å². The Labute approximate surface area is 111 Å². The summed E-state index contributed by atoms with van der Waals surface area (Å²) in [7, 11) is 0. The van der Waals surface area contributed by atoms with E-state index in [0.29, 0.717) is 6.54 Å². The van der Waals surface area contributed by atoms with Crippen LogP contribution < -0.4 is 5.73 Å². The van der Waals surface area contributed by atoms with Crippen LogP contribution in [0.1, 0.15) is 24.9 Å². The summed E-state index contributed by atoms with van der Waals surface area (Å²) in [5.41, 5.74) is 6.70. The van der Waals surface area contributed by atoms with Crippen molar-refractivity contribution in [3.05, 3.63) is 35.9 Å². The first kappa shape index (κ1) is 13.0. The van der Waals surface area contributed by atoms with Crippen molar-refractivity contribution in [1.29, 1.82) is 0 Å². The summed E-state index contributed by atoms with van der Waals surface area (Å²) in [6.45, 7) is 3.47. The number of nitrogens with zero attached hydrogens (tertiary/aromatic N) is 4. The van der Waals surface area contributed by atoms with Gasteiger partial charge in [0, 0.05) is 18.5 Å².